The van der Waals surface area contributed by atoms with Crippen LogP contribution in [-0.2, 0) is 26.3 Å². The molecule has 0 radical (unpaired) electrons. The molecule has 1 aromatic heterocycles. The average Bonchev–Trinajstić information content (AvgIpc) is 2.60. The van der Waals surface area contributed by atoms with E-state index < -0.39 is 40.1 Å². The maximum atomic E-state index is 12.7. The molecule has 0 saturated heterocycles. The minimum Gasteiger partial charge on any atom is -0.468 e. The molecule has 0 N–H and O–H groups in total. The van der Waals surface area contributed by atoms with Crippen molar-refractivity contribution in [2.24, 2.45) is 0 Å². The smallest absolute Gasteiger partial charge is 0.368 e. The van der Waals surface area contributed by atoms with E-state index >= 15 is 0 Å². The maximum Gasteiger partial charge on any atom is 0.368 e. The van der Waals surface area contributed by atoms with Crippen LogP contribution in [0.3, 0.4) is 0 Å². The molecule has 7 nitrogen and oxygen atoms in total. The van der Waals surface area contributed by atoms with E-state index in [1.807, 2.05) is 0 Å². The third kappa shape index (κ3) is 2.93. The van der Waals surface area contributed by atoms with E-state index in [1.54, 1.807) is 0 Å². The number of esters is 1. The van der Waals surface area contributed by atoms with E-state index in [-0.39, 0.29) is 4.57 Å². The van der Waals surface area contributed by atoms with Gasteiger partial charge in [-0.3, -0.25) is 9.36 Å². The SMILES string of the molecule is COC(=O)Cn1c(C(F)F)nnc1S(=O)(=O)F. The van der Waals surface area contributed by atoms with Crippen LogP contribution in [0.15, 0.2) is 5.16 Å². The number of nitrogens with zero attached hydrogens (tertiary/aromatic N) is 3. The van der Waals surface area contributed by atoms with E-state index in [0.29, 0.717) is 0 Å². The Kier molecular flexibility index (Phi) is 3.70. The number of alkyl halides is 2. The molecule has 0 bridgehead atoms. The molecular weight excluding hydrogens is 267 g/mol. The van der Waals surface area contributed by atoms with Crippen molar-refractivity contribution in [3.8, 4) is 0 Å². The number of hydrogen-bond acceptors (Lipinski definition) is 6. The van der Waals surface area contributed by atoms with Gasteiger partial charge >= 0.3 is 16.2 Å². The second-order valence-corrected chi connectivity index (χ2v) is 3.98. The van der Waals surface area contributed by atoms with Crippen LogP contribution in [0.2, 0.25) is 0 Å². The van der Waals surface area contributed by atoms with E-state index in [0.717, 1.165) is 7.11 Å². The summed E-state index contributed by atoms with van der Waals surface area (Å²) >= 11 is 0. The predicted octanol–water partition coefficient (Wildman–Crippen LogP) is 0.0469. The molecular formula is C6H6F3N3O4S. The summed E-state index contributed by atoms with van der Waals surface area (Å²) in [6.07, 6.45) is -3.21. The Morgan fingerprint density at radius 2 is 2.06 bits per heavy atom. The number of carbonyl (C=O) groups excluding carboxylic acids is 1. The summed E-state index contributed by atoms with van der Waals surface area (Å²) in [6.45, 7) is -0.929. The predicted molar refractivity (Wildman–Crippen MR) is 45.3 cm³/mol. The Balaban J connectivity index is 3.30. The van der Waals surface area contributed by atoms with Gasteiger partial charge in [-0.05, 0) is 0 Å². The number of aromatic nitrogens is 3. The van der Waals surface area contributed by atoms with Gasteiger partial charge in [0.2, 0.25) is 5.82 Å². The zero-order chi connectivity index (χ0) is 13.2. The Bertz CT molecular complexity index is 527. The van der Waals surface area contributed by atoms with Gasteiger partial charge in [0, 0.05) is 0 Å². The molecule has 0 aliphatic carbocycles. The first-order valence-electron chi connectivity index (χ1n) is 4.00. The number of hydrogen-bond donors (Lipinski definition) is 0. The molecule has 0 fully saturated rings. The average molecular weight is 273 g/mol. The fourth-order valence-electron chi connectivity index (χ4n) is 0.984. The van der Waals surface area contributed by atoms with Crippen molar-refractivity contribution in [1.29, 1.82) is 0 Å². The highest BCUT2D eigenvalue weighted by molar-refractivity contribution is 7.86. The fourth-order valence-corrected chi connectivity index (χ4v) is 1.54. The molecule has 0 unspecified atom stereocenters. The Hall–Kier alpha value is -1.65. The van der Waals surface area contributed by atoms with Crippen LogP contribution in [-0.4, -0.2) is 36.3 Å². The van der Waals surface area contributed by atoms with Crippen LogP contribution in [0.25, 0.3) is 0 Å². The highest BCUT2D eigenvalue weighted by Gasteiger charge is 2.29. The lowest BCUT2D eigenvalue weighted by molar-refractivity contribution is -0.141. The molecule has 1 aromatic rings. The highest BCUT2D eigenvalue weighted by atomic mass is 32.3. The van der Waals surface area contributed by atoms with Gasteiger partial charge in [-0.1, -0.05) is 3.89 Å². The summed E-state index contributed by atoms with van der Waals surface area (Å²) < 4.78 is 62.9. The second kappa shape index (κ2) is 4.69. The molecule has 0 aliphatic heterocycles. The second-order valence-electron chi connectivity index (χ2n) is 2.74. The summed E-state index contributed by atoms with van der Waals surface area (Å²) in [5.74, 6) is -2.18. The van der Waals surface area contributed by atoms with E-state index in [2.05, 4.69) is 14.9 Å². The first-order valence-corrected chi connectivity index (χ1v) is 5.38. The topological polar surface area (TPSA) is 91.2 Å². The van der Waals surface area contributed by atoms with Gasteiger partial charge in [-0.2, -0.15) is 8.42 Å². The summed E-state index contributed by atoms with van der Waals surface area (Å²) in [6, 6.07) is 0. The number of rotatable bonds is 4. The quantitative estimate of drug-likeness (QED) is 0.568. The van der Waals surface area contributed by atoms with Gasteiger partial charge in [-0.15, -0.1) is 10.2 Å². The molecule has 96 valence electrons. The summed E-state index contributed by atoms with van der Waals surface area (Å²) in [5, 5.41) is 4.20. The van der Waals surface area contributed by atoms with Crippen LogP contribution in [0.5, 0.6) is 0 Å². The lowest BCUT2D eigenvalue weighted by Gasteiger charge is -2.05. The van der Waals surface area contributed by atoms with Crippen LogP contribution in [0.1, 0.15) is 12.2 Å². The van der Waals surface area contributed by atoms with Gasteiger partial charge in [0.15, 0.2) is 0 Å². The zero-order valence-electron chi connectivity index (χ0n) is 8.30. The summed E-state index contributed by atoms with van der Waals surface area (Å²) in [5.41, 5.74) is 0. The highest BCUT2D eigenvalue weighted by Crippen LogP contribution is 2.20. The number of methoxy groups -OCH3 is 1. The van der Waals surface area contributed by atoms with E-state index in [9.17, 15) is 25.9 Å². The molecule has 0 aromatic carbocycles. The number of halogens is 3. The van der Waals surface area contributed by atoms with Crippen LogP contribution in [0.4, 0.5) is 12.7 Å². The molecule has 1 rings (SSSR count). The third-order valence-electron chi connectivity index (χ3n) is 1.67. The minimum absolute atomic E-state index is 0.145. The zero-order valence-corrected chi connectivity index (χ0v) is 9.12. The van der Waals surface area contributed by atoms with Crippen molar-refractivity contribution in [2.75, 3.05) is 7.11 Å². The van der Waals surface area contributed by atoms with Gasteiger partial charge < -0.3 is 4.74 Å². The van der Waals surface area contributed by atoms with Gasteiger partial charge in [0.1, 0.15) is 6.54 Å². The van der Waals surface area contributed by atoms with Crippen molar-refractivity contribution >= 4 is 16.2 Å². The standard InChI is InChI=1S/C6H6F3N3O4S/c1-16-3(13)2-12-5(4(7)8)10-11-6(12)17(9,14)15/h4H,2H2,1H3. The van der Waals surface area contributed by atoms with Gasteiger partial charge in [0.25, 0.3) is 11.6 Å². The first-order chi connectivity index (χ1) is 7.77. The molecule has 17 heavy (non-hydrogen) atoms. The van der Waals surface area contributed by atoms with Crippen molar-refractivity contribution < 1.29 is 30.6 Å². The number of carbonyl (C=O) groups is 1. The van der Waals surface area contributed by atoms with E-state index in [1.165, 1.54) is 0 Å². The molecule has 0 amide bonds. The normalized spacial score (nSPS) is 11.8. The van der Waals surface area contributed by atoms with Crippen molar-refractivity contribution in [3.63, 3.8) is 0 Å². The van der Waals surface area contributed by atoms with Crippen molar-refractivity contribution in [2.45, 2.75) is 18.1 Å². The van der Waals surface area contributed by atoms with Gasteiger partial charge in [-0.25, -0.2) is 8.78 Å². The third-order valence-corrected chi connectivity index (χ3v) is 2.41. The minimum atomic E-state index is -5.35. The monoisotopic (exact) mass is 273 g/mol. The largest absolute Gasteiger partial charge is 0.468 e. The van der Waals surface area contributed by atoms with E-state index in [4.69, 9.17) is 0 Å². The number of ether oxygens (including phenoxy) is 1. The van der Waals surface area contributed by atoms with Crippen molar-refractivity contribution in [3.05, 3.63) is 5.82 Å². The molecule has 0 aliphatic rings. The summed E-state index contributed by atoms with van der Waals surface area (Å²) in [4.78, 5) is 10.9. The van der Waals surface area contributed by atoms with Crippen molar-refractivity contribution in [1.82, 2.24) is 14.8 Å². The fraction of sp³-hybridized carbons (Fsp3) is 0.500. The van der Waals surface area contributed by atoms with Crippen LogP contribution in [0, 0.1) is 0 Å². The molecule has 0 atom stereocenters. The van der Waals surface area contributed by atoms with Gasteiger partial charge in [0.05, 0.1) is 7.11 Å². The van der Waals surface area contributed by atoms with Crippen LogP contribution >= 0.6 is 0 Å². The molecule has 0 spiro atoms. The van der Waals surface area contributed by atoms with Crippen LogP contribution < -0.4 is 0 Å². The Morgan fingerprint density at radius 1 is 1.47 bits per heavy atom. The molecule has 0 saturated carbocycles. The Labute approximate surface area is 93.4 Å². The first kappa shape index (κ1) is 13.4. The maximum absolute atomic E-state index is 12.7. The molecule has 1 heterocycles. The summed E-state index contributed by atoms with van der Waals surface area (Å²) in [7, 11) is -4.40. The lowest BCUT2D eigenvalue weighted by Crippen LogP contribution is -2.17. The molecule has 11 heteroatoms. The Morgan fingerprint density at radius 3 is 2.47 bits per heavy atom. The lowest BCUT2D eigenvalue weighted by atomic mass is 10.5.